The van der Waals surface area contributed by atoms with Gasteiger partial charge in [-0.05, 0) is 42.8 Å². The number of nitrogens with one attached hydrogen (secondary N) is 1. The van der Waals surface area contributed by atoms with Crippen molar-refractivity contribution in [1.82, 2.24) is 15.2 Å². The summed E-state index contributed by atoms with van der Waals surface area (Å²) in [4.78, 5) is 6.31. The number of hydrogen-bond donors (Lipinski definition) is 1. The first-order chi connectivity index (χ1) is 8.33. The SMILES string of the molecule is C=CCNC(=S)N1CCC[C@@H]1c1ccncc1. The zero-order chi connectivity index (χ0) is 12.1. The van der Waals surface area contributed by atoms with E-state index in [0.717, 1.165) is 24.6 Å². The molecule has 0 spiro atoms. The van der Waals surface area contributed by atoms with E-state index >= 15 is 0 Å². The molecule has 0 aromatic carbocycles. The van der Waals surface area contributed by atoms with Crippen LogP contribution in [0.1, 0.15) is 24.4 Å². The predicted octanol–water partition coefficient (Wildman–Crippen LogP) is 2.28. The number of nitrogens with zero attached hydrogens (tertiary/aromatic N) is 2. The predicted molar refractivity (Wildman–Crippen MR) is 73.7 cm³/mol. The lowest BCUT2D eigenvalue weighted by Crippen LogP contribution is -2.39. The van der Waals surface area contributed by atoms with E-state index in [-0.39, 0.29) is 0 Å². The Kier molecular flexibility index (Phi) is 4.09. The quantitative estimate of drug-likeness (QED) is 0.655. The Morgan fingerprint density at radius 3 is 3.06 bits per heavy atom. The van der Waals surface area contributed by atoms with E-state index in [2.05, 4.69) is 33.9 Å². The molecular formula is C13H17N3S. The first kappa shape index (κ1) is 12.0. The summed E-state index contributed by atoms with van der Waals surface area (Å²) in [6.07, 6.45) is 7.84. The van der Waals surface area contributed by atoms with Gasteiger partial charge in [0.05, 0.1) is 6.04 Å². The van der Waals surface area contributed by atoms with E-state index in [0.29, 0.717) is 6.04 Å². The van der Waals surface area contributed by atoms with Crippen LogP contribution in [0.4, 0.5) is 0 Å². The summed E-state index contributed by atoms with van der Waals surface area (Å²) in [6, 6.07) is 4.53. The van der Waals surface area contributed by atoms with Gasteiger partial charge in [0.15, 0.2) is 5.11 Å². The highest BCUT2D eigenvalue weighted by Gasteiger charge is 2.27. The molecule has 2 rings (SSSR count). The average molecular weight is 247 g/mol. The van der Waals surface area contributed by atoms with E-state index in [4.69, 9.17) is 12.2 Å². The standard InChI is InChI=1S/C13H17N3S/c1-2-7-15-13(17)16-10-3-4-12(16)11-5-8-14-9-6-11/h2,5-6,8-9,12H,1,3-4,7,10H2,(H,15,17)/t12-/m1/s1. The minimum absolute atomic E-state index is 0.391. The molecule has 0 saturated carbocycles. The monoisotopic (exact) mass is 247 g/mol. The molecule has 0 aliphatic carbocycles. The van der Waals surface area contributed by atoms with Gasteiger partial charge >= 0.3 is 0 Å². The van der Waals surface area contributed by atoms with E-state index < -0.39 is 0 Å². The van der Waals surface area contributed by atoms with E-state index in [1.165, 1.54) is 12.0 Å². The van der Waals surface area contributed by atoms with Crippen LogP contribution in [0.15, 0.2) is 37.2 Å². The van der Waals surface area contributed by atoms with Crippen molar-refractivity contribution in [3.8, 4) is 0 Å². The third kappa shape index (κ3) is 2.82. The molecule has 1 N–H and O–H groups in total. The molecule has 0 unspecified atom stereocenters. The first-order valence-corrected chi connectivity index (χ1v) is 6.29. The highest BCUT2D eigenvalue weighted by molar-refractivity contribution is 7.80. The van der Waals surface area contributed by atoms with Crippen molar-refractivity contribution in [3.05, 3.63) is 42.7 Å². The molecule has 3 nitrogen and oxygen atoms in total. The summed E-state index contributed by atoms with van der Waals surface area (Å²) < 4.78 is 0. The molecule has 17 heavy (non-hydrogen) atoms. The molecule has 0 amide bonds. The molecule has 0 radical (unpaired) electrons. The summed E-state index contributed by atoms with van der Waals surface area (Å²) in [5, 5.41) is 4.02. The highest BCUT2D eigenvalue weighted by atomic mass is 32.1. The molecule has 90 valence electrons. The molecule has 1 aliphatic heterocycles. The van der Waals surface area contributed by atoms with Crippen molar-refractivity contribution in [2.75, 3.05) is 13.1 Å². The van der Waals surface area contributed by atoms with Crippen LogP contribution >= 0.6 is 12.2 Å². The maximum Gasteiger partial charge on any atom is 0.169 e. The maximum absolute atomic E-state index is 5.41. The van der Waals surface area contributed by atoms with Gasteiger partial charge in [0, 0.05) is 25.5 Å². The van der Waals surface area contributed by atoms with Crippen molar-refractivity contribution < 1.29 is 0 Å². The minimum Gasteiger partial charge on any atom is -0.359 e. The average Bonchev–Trinajstić information content (AvgIpc) is 2.86. The summed E-state index contributed by atoms with van der Waals surface area (Å²) in [5.41, 5.74) is 1.29. The minimum atomic E-state index is 0.391. The fourth-order valence-electron chi connectivity index (χ4n) is 2.20. The van der Waals surface area contributed by atoms with Gasteiger partial charge in [-0.3, -0.25) is 4.98 Å². The first-order valence-electron chi connectivity index (χ1n) is 5.88. The molecule has 4 heteroatoms. The fraction of sp³-hybridized carbons (Fsp3) is 0.385. The Bertz CT molecular complexity index is 391. The zero-order valence-corrected chi connectivity index (χ0v) is 10.6. The summed E-state index contributed by atoms with van der Waals surface area (Å²) in [7, 11) is 0. The van der Waals surface area contributed by atoms with E-state index in [1.807, 2.05) is 18.5 Å². The molecular weight excluding hydrogens is 230 g/mol. The van der Waals surface area contributed by atoms with Crippen molar-refractivity contribution in [2.24, 2.45) is 0 Å². The van der Waals surface area contributed by atoms with Gasteiger partial charge in [-0.15, -0.1) is 6.58 Å². The van der Waals surface area contributed by atoms with Gasteiger partial charge in [-0.1, -0.05) is 6.08 Å². The van der Waals surface area contributed by atoms with Crippen LogP contribution in [0, 0.1) is 0 Å². The van der Waals surface area contributed by atoms with E-state index in [9.17, 15) is 0 Å². The van der Waals surface area contributed by atoms with Gasteiger partial charge in [-0.2, -0.15) is 0 Å². The Balaban J connectivity index is 2.07. The van der Waals surface area contributed by atoms with Crippen LogP contribution in [0.3, 0.4) is 0 Å². The van der Waals surface area contributed by atoms with Gasteiger partial charge in [0.2, 0.25) is 0 Å². The Morgan fingerprint density at radius 1 is 1.59 bits per heavy atom. The van der Waals surface area contributed by atoms with Crippen LogP contribution < -0.4 is 5.32 Å². The maximum atomic E-state index is 5.41. The second-order valence-corrected chi connectivity index (χ2v) is 4.49. The normalized spacial score (nSPS) is 19.1. The van der Waals surface area contributed by atoms with Gasteiger partial charge < -0.3 is 10.2 Å². The number of pyridine rings is 1. The van der Waals surface area contributed by atoms with Crippen LogP contribution in [-0.2, 0) is 0 Å². The second-order valence-electron chi connectivity index (χ2n) is 4.11. The van der Waals surface area contributed by atoms with Crippen LogP contribution in [0.25, 0.3) is 0 Å². The van der Waals surface area contributed by atoms with Crippen molar-refractivity contribution in [1.29, 1.82) is 0 Å². The number of likely N-dealkylation sites (tertiary alicyclic amines) is 1. The lowest BCUT2D eigenvalue weighted by molar-refractivity contribution is 0.395. The van der Waals surface area contributed by atoms with Gasteiger partial charge in [0.25, 0.3) is 0 Å². The smallest absolute Gasteiger partial charge is 0.169 e. The third-order valence-corrected chi connectivity index (χ3v) is 3.38. The summed E-state index contributed by atoms with van der Waals surface area (Å²) in [6.45, 7) is 5.43. The topological polar surface area (TPSA) is 28.2 Å². The van der Waals surface area contributed by atoms with Crippen LogP contribution in [0.2, 0.25) is 0 Å². The molecule has 1 aromatic heterocycles. The van der Waals surface area contributed by atoms with Crippen LogP contribution in [0.5, 0.6) is 0 Å². The van der Waals surface area contributed by atoms with Gasteiger partial charge in [-0.25, -0.2) is 0 Å². The molecule has 1 aromatic rings. The molecule has 1 aliphatic rings. The Hall–Kier alpha value is -1.42. The lowest BCUT2D eigenvalue weighted by Gasteiger charge is -2.27. The zero-order valence-electron chi connectivity index (χ0n) is 9.80. The highest BCUT2D eigenvalue weighted by Crippen LogP contribution is 2.31. The molecule has 2 heterocycles. The van der Waals surface area contributed by atoms with Crippen molar-refractivity contribution in [3.63, 3.8) is 0 Å². The molecule has 1 saturated heterocycles. The lowest BCUT2D eigenvalue weighted by atomic mass is 10.1. The summed E-state index contributed by atoms with van der Waals surface area (Å²) >= 11 is 5.41. The van der Waals surface area contributed by atoms with E-state index in [1.54, 1.807) is 0 Å². The molecule has 1 fully saturated rings. The van der Waals surface area contributed by atoms with Crippen LogP contribution in [-0.4, -0.2) is 28.1 Å². The third-order valence-electron chi connectivity index (χ3n) is 3.00. The second kappa shape index (κ2) is 5.77. The largest absolute Gasteiger partial charge is 0.359 e. The molecule has 0 bridgehead atoms. The fourth-order valence-corrected chi connectivity index (χ4v) is 2.50. The number of rotatable bonds is 3. The number of thiocarbonyl (C=S) groups is 1. The van der Waals surface area contributed by atoms with Crippen molar-refractivity contribution >= 4 is 17.3 Å². The Labute approximate surface area is 108 Å². The summed E-state index contributed by atoms with van der Waals surface area (Å²) in [5.74, 6) is 0. The van der Waals surface area contributed by atoms with Crippen molar-refractivity contribution in [2.45, 2.75) is 18.9 Å². The number of aromatic nitrogens is 1. The Morgan fingerprint density at radius 2 is 2.35 bits per heavy atom. The number of hydrogen-bond acceptors (Lipinski definition) is 2. The van der Waals surface area contributed by atoms with Gasteiger partial charge in [0.1, 0.15) is 0 Å². The molecule has 1 atom stereocenters.